The van der Waals surface area contributed by atoms with Gasteiger partial charge in [-0.15, -0.1) is 11.3 Å². The first kappa shape index (κ1) is 13.6. The van der Waals surface area contributed by atoms with Gasteiger partial charge in [0.25, 0.3) is 0 Å². The lowest BCUT2D eigenvalue weighted by Gasteiger charge is -2.18. The van der Waals surface area contributed by atoms with Crippen molar-refractivity contribution in [3.8, 4) is 0 Å². The van der Waals surface area contributed by atoms with E-state index in [0.29, 0.717) is 11.4 Å². The second kappa shape index (κ2) is 5.20. The van der Waals surface area contributed by atoms with Gasteiger partial charge in [-0.1, -0.05) is 11.6 Å². The molecule has 0 saturated carbocycles. The molecule has 0 aliphatic carbocycles. The third kappa shape index (κ3) is 2.35. The zero-order valence-corrected chi connectivity index (χ0v) is 12.9. The van der Waals surface area contributed by atoms with E-state index in [4.69, 9.17) is 11.6 Å². The van der Waals surface area contributed by atoms with Gasteiger partial charge in [-0.2, -0.15) is 0 Å². The molecule has 1 aliphatic heterocycles. The van der Waals surface area contributed by atoms with Crippen molar-refractivity contribution in [1.82, 2.24) is 5.32 Å². The molecule has 104 valence electrons. The van der Waals surface area contributed by atoms with Crippen molar-refractivity contribution in [3.05, 3.63) is 50.2 Å². The Morgan fingerprint density at radius 1 is 1.40 bits per heavy atom. The Balaban J connectivity index is 2.05. The van der Waals surface area contributed by atoms with E-state index >= 15 is 0 Å². The van der Waals surface area contributed by atoms with E-state index in [2.05, 4.69) is 29.7 Å². The number of amides is 1. The van der Waals surface area contributed by atoms with Gasteiger partial charge >= 0.3 is 0 Å². The number of hydrogen-bond acceptors (Lipinski definition) is 3. The monoisotopic (exact) mass is 306 g/mol. The minimum absolute atomic E-state index is 0.0289. The van der Waals surface area contributed by atoms with Crippen LogP contribution >= 0.6 is 22.9 Å². The van der Waals surface area contributed by atoms with Crippen LogP contribution in [0.3, 0.4) is 0 Å². The molecule has 0 saturated heterocycles. The quantitative estimate of drug-likeness (QED) is 0.911. The summed E-state index contributed by atoms with van der Waals surface area (Å²) in [5.74, 6) is 0.0289. The van der Waals surface area contributed by atoms with Crippen LogP contribution in [0, 0.1) is 6.92 Å². The maximum Gasteiger partial charge on any atom is 0.228 e. The van der Waals surface area contributed by atoms with E-state index in [1.807, 2.05) is 19.2 Å². The minimum atomic E-state index is 0.0289. The summed E-state index contributed by atoms with van der Waals surface area (Å²) in [5, 5.41) is 6.81. The Labute approximate surface area is 127 Å². The number of thiophene rings is 1. The first-order valence-corrected chi connectivity index (χ1v) is 7.63. The van der Waals surface area contributed by atoms with Crippen LogP contribution in [-0.2, 0) is 11.2 Å². The molecular formula is C15H15ClN2OS. The predicted octanol–water partition coefficient (Wildman–Crippen LogP) is 3.51. The molecule has 3 rings (SSSR count). The van der Waals surface area contributed by atoms with Gasteiger partial charge in [-0.3, -0.25) is 4.79 Å². The van der Waals surface area contributed by atoms with Gasteiger partial charge in [-0.05, 0) is 49.4 Å². The highest BCUT2D eigenvalue weighted by Crippen LogP contribution is 2.36. The number of halogens is 1. The Hall–Kier alpha value is -1.36. The van der Waals surface area contributed by atoms with Crippen molar-refractivity contribution in [1.29, 1.82) is 0 Å². The van der Waals surface area contributed by atoms with E-state index in [1.165, 1.54) is 9.75 Å². The summed E-state index contributed by atoms with van der Waals surface area (Å²) in [5.41, 5.74) is 2.87. The number of carbonyl (C=O) groups excluding carboxylic acids is 1. The maximum absolute atomic E-state index is 11.5. The van der Waals surface area contributed by atoms with Gasteiger partial charge in [-0.25, -0.2) is 0 Å². The number of benzene rings is 1. The molecule has 2 N–H and O–H groups in total. The molecule has 2 aromatic rings. The van der Waals surface area contributed by atoms with Crippen LogP contribution in [0.1, 0.15) is 26.9 Å². The highest BCUT2D eigenvalue weighted by molar-refractivity contribution is 7.12. The second-order valence-electron chi connectivity index (χ2n) is 4.93. The summed E-state index contributed by atoms with van der Waals surface area (Å²) in [6.45, 7) is 2.09. The van der Waals surface area contributed by atoms with Crippen molar-refractivity contribution in [2.75, 3.05) is 12.4 Å². The first-order valence-electron chi connectivity index (χ1n) is 6.44. The van der Waals surface area contributed by atoms with Gasteiger partial charge in [0.15, 0.2) is 0 Å². The molecule has 1 unspecified atom stereocenters. The highest BCUT2D eigenvalue weighted by atomic mass is 35.5. The Morgan fingerprint density at radius 2 is 2.20 bits per heavy atom. The molecule has 0 spiro atoms. The number of hydrogen-bond donors (Lipinski definition) is 2. The minimum Gasteiger partial charge on any atom is -0.325 e. The zero-order valence-electron chi connectivity index (χ0n) is 11.3. The number of anilines is 1. The summed E-state index contributed by atoms with van der Waals surface area (Å²) < 4.78 is 0. The molecule has 0 bridgehead atoms. The molecule has 0 fully saturated rings. The molecule has 1 aliphatic rings. The third-order valence-corrected chi connectivity index (χ3v) is 4.89. The summed E-state index contributed by atoms with van der Waals surface area (Å²) in [6, 6.07) is 8.17. The molecule has 1 atom stereocenters. The fourth-order valence-electron chi connectivity index (χ4n) is 2.55. The molecule has 5 heteroatoms. The molecule has 3 nitrogen and oxygen atoms in total. The van der Waals surface area contributed by atoms with Crippen LogP contribution < -0.4 is 10.6 Å². The fraction of sp³-hybridized carbons (Fsp3) is 0.267. The van der Waals surface area contributed by atoms with Crippen molar-refractivity contribution in [3.63, 3.8) is 0 Å². The lowest BCUT2D eigenvalue weighted by molar-refractivity contribution is -0.115. The number of rotatable bonds is 3. The summed E-state index contributed by atoms with van der Waals surface area (Å²) >= 11 is 8.15. The van der Waals surface area contributed by atoms with Crippen LogP contribution in [0.25, 0.3) is 0 Å². The average molecular weight is 307 g/mol. The summed E-state index contributed by atoms with van der Waals surface area (Å²) in [6.07, 6.45) is 0.430. The van der Waals surface area contributed by atoms with Gasteiger partial charge in [0.1, 0.15) is 0 Å². The third-order valence-electron chi connectivity index (χ3n) is 3.49. The number of carbonyl (C=O) groups is 1. The first-order chi connectivity index (χ1) is 9.58. The summed E-state index contributed by atoms with van der Waals surface area (Å²) in [7, 11) is 1.92. The van der Waals surface area contributed by atoms with Gasteiger partial charge in [0.05, 0.1) is 12.5 Å². The zero-order chi connectivity index (χ0) is 14.3. The van der Waals surface area contributed by atoms with Gasteiger partial charge in [0, 0.05) is 20.5 Å². The second-order valence-corrected chi connectivity index (χ2v) is 6.65. The van der Waals surface area contributed by atoms with Gasteiger partial charge < -0.3 is 10.6 Å². The van der Waals surface area contributed by atoms with Gasteiger partial charge in [0.2, 0.25) is 5.91 Å². The average Bonchev–Trinajstić information content (AvgIpc) is 2.96. The van der Waals surface area contributed by atoms with Crippen LogP contribution in [0.2, 0.25) is 5.02 Å². The lowest BCUT2D eigenvalue weighted by atomic mass is 10.0. The number of fused-ring (bicyclic) bond motifs is 1. The van der Waals surface area contributed by atoms with Crippen LogP contribution in [-0.4, -0.2) is 13.0 Å². The molecule has 1 aromatic heterocycles. The number of aryl methyl sites for hydroxylation is 1. The Kier molecular flexibility index (Phi) is 3.54. The Bertz CT molecular complexity index is 681. The van der Waals surface area contributed by atoms with E-state index in [9.17, 15) is 4.79 Å². The molecule has 1 aromatic carbocycles. The smallest absolute Gasteiger partial charge is 0.228 e. The Morgan fingerprint density at radius 3 is 2.85 bits per heavy atom. The normalized spacial score (nSPS) is 15.1. The molecule has 0 radical (unpaired) electrons. The fourth-order valence-corrected chi connectivity index (χ4v) is 3.83. The standard InChI is InChI=1S/C15H15ClN2OS/c1-8-3-4-13(20-8)15(17-2)10-5-9-6-14(19)18-12(9)7-11(10)16/h3-5,7,15,17H,6H2,1-2H3,(H,18,19). The van der Waals surface area contributed by atoms with E-state index in [-0.39, 0.29) is 11.9 Å². The highest BCUT2D eigenvalue weighted by Gasteiger charge is 2.23. The van der Waals surface area contributed by atoms with E-state index in [1.54, 1.807) is 11.3 Å². The molecule has 1 amide bonds. The topological polar surface area (TPSA) is 41.1 Å². The largest absolute Gasteiger partial charge is 0.325 e. The number of nitrogens with one attached hydrogen (secondary N) is 2. The van der Waals surface area contributed by atoms with Crippen molar-refractivity contribution in [2.24, 2.45) is 0 Å². The van der Waals surface area contributed by atoms with Crippen LogP contribution in [0.15, 0.2) is 24.3 Å². The van der Waals surface area contributed by atoms with Crippen molar-refractivity contribution < 1.29 is 4.79 Å². The maximum atomic E-state index is 11.5. The SMILES string of the molecule is CNC(c1ccc(C)s1)c1cc2c(cc1Cl)NC(=O)C2. The lowest BCUT2D eigenvalue weighted by Crippen LogP contribution is -2.17. The van der Waals surface area contributed by atoms with Crippen LogP contribution in [0.4, 0.5) is 5.69 Å². The van der Waals surface area contributed by atoms with Crippen molar-refractivity contribution in [2.45, 2.75) is 19.4 Å². The molecule has 20 heavy (non-hydrogen) atoms. The summed E-state index contributed by atoms with van der Waals surface area (Å²) in [4.78, 5) is 14.0. The van der Waals surface area contributed by atoms with E-state index in [0.717, 1.165) is 16.8 Å². The molecular weight excluding hydrogens is 292 g/mol. The molecule has 2 heterocycles. The van der Waals surface area contributed by atoms with Crippen molar-refractivity contribution >= 4 is 34.5 Å². The van der Waals surface area contributed by atoms with Crippen LogP contribution in [0.5, 0.6) is 0 Å². The predicted molar refractivity (Wildman–Crippen MR) is 83.7 cm³/mol. The van der Waals surface area contributed by atoms with E-state index < -0.39 is 0 Å².